The summed E-state index contributed by atoms with van der Waals surface area (Å²) in [5.41, 5.74) is 0.424. The van der Waals surface area contributed by atoms with Crippen LogP contribution in [0, 0.1) is 0 Å². The molecule has 0 fully saturated rings. The molecule has 0 aliphatic rings. The van der Waals surface area contributed by atoms with Crippen LogP contribution in [0.2, 0.25) is 0 Å². The third-order valence-corrected chi connectivity index (χ3v) is 2.85. The minimum Gasteiger partial charge on any atom is -0.484 e. The number of ether oxygens (including phenoxy) is 1. The first-order chi connectivity index (χ1) is 8.83. The maximum absolute atomic E-state index is 11.9. The highest BCUT2D eigenvalue weighted by molar-refractivity contribution is 9.09. The predicted octanol–water partition coefficient (Wildman–Crippen LogP) is 2.81. The molecule has 1 aromatic rings. The van der Waals surface area contributed by atoms with Gasteiger partial charge in [0.2, 0.25) is 0 Å². The molecule has 0 saturated heterocycles. The molecule has 1 rings (SSSR count). The lowest BCUT2D eigenvalue weighted by Crippen LogP contribution is -2.20. The van der Waals surface area contributed by atoms with Crippen molar-refractivity contribution in [3.8, 4) is 5.75 Å². The molecule has 2 atom stereocenters. The molecule has 0 aliphatic heterocycles. The van der Waals surface area contributed by atoms with Crippen molar-refractivity contribution in [1.82, 2.24) is 0 Å². The molecule has 0 spiro atoms. The van der Waals surface area contributed by atoms with Crippen LogP contribution >= 0.6 is 15.9 Å². The summed E-state index contributed by atoms with van der Waals surface area (Å²) < 4.78 is 40.3. The highest BCUT2D eigenvalue weighted by Gasteiger charge is 2.28. The molecular weight excluding hydrogens is 329 g/mol. The molecule has 0 heterocycles. The smallest absolute Gasteiger partial charge is 0.422 e. The summed E-state index contributed by atoms with van der Waals surface area (Å²) in [6.45, 7) is -1.36. The van der Waals surface area contributed by atoms with E-state index in [1.807, 2.05) is 0 Å². The van der Waals surface area contributed by atoms with Gasteiger partial charge in [0, 0.05) is 5.33 Å². The molecule has 108 valence electrons. The largest absolute Gasteiger partial charge is 0.484 e. The summed E-state index contributed by atoms with van der Waals surface area (Å²) in [7, 11) is 0. The standard InChI is InChI=1S/C12H14BrF3O3/c13-6-5-10(17)11(18)8-1-3-9(4-2-8)19-7-12(14,15)16/h1-4,10-11,17-18H,5-7H2. The molecule has 0 radical (unpaired) electrons. The molecule has 0 amide bonds. The first-order valence-electron chi connectivity index (χ1n) is 5.55. The summed E-state index contributed by atoms with van der Waals surface area (Å²) in [5.74, 6) is 0.0586. The maximum atomic E-state index is 11.9. The van der Waals surface area contributed by atoms with Gasteiger partial charge in [-0.3, -0.25) is 0 Å². The Morgan fingerprint density at radius 3 is 2.21 bits per heavy atom. The molecule has 0 aromatic heterocycles. The second-order valence-corrected chi connectivity index (χ2v) is 4.76. The first kappa shape index (κ1) is 16.3. The van der Waals surface area contributed by atoms with E-state index in [1.54, 1.807) is 0 Å². The van der Waals surface area contributed by atoms with Crippen molar-refractivity contribution >= 4 is 15.9 Å². The number of aliphatic hydroxyl groups excluding tert-OH is 2. The Labute approximate surface area is 117 Å². The highest BCUT2D eigenvalue weighted by atomic mass is 79.9. The van der Waals surface area contributed by atoms with Crippen molar-refractivity contribution in [3.63, 3.8) is 0 Å². The van der Waals surface area contributed by atoms with E-state index < -0.39 is 25.0 Å². The van der Waals surface area contributed by atoms with Gasteiger partial charge in [-0.2, -0.15) is 13.2 Å². The predicted molar refractivity (Wildman–Crippen MR) is 67.4 cm³/mol. The minimum atomic E-state index is -4.38. The van der Waals surface area contributed by atoms with Crippen LogP contribution in [0.3, 0.4) is 0 Å². The SMILES string of the molecule is OC(CCBr)C(O)c1ccc(OCC(F)(F)F)cc1. The normalized spacial score (nSPS) is 15.1. The second kappa shape index (κ2) is 7.12. The quantitative estimate of drug-likeness (QED) is 0.781. The molecule has 2 N–H and O–H groups in total. The van der Waals surface area contributed by atoms with Crippen LogP contribution in [0.5, 0.6) is 5.75 Å². The van der Waals surface area contributed by atoms with Gasteiger partial charge in [-0.05, 0) is 24.1 Å². The van der Waals surface area contributed by atoms with Gasteiger partial charge >= 0.3 is 6.18 Å². The van der Waals surface area contributed by atoms with Gasteiger partial charge in [-0.15, -0.1) is 0 Å². The fraction of sp³-hybridized carbons (Fsp3) is 0.500. The van der Waals surface area contributed by atoms with Gasteiger partial charge in [0.15, 0.2) is 6.61 Å². The van der Waals surface area contributed by atoms with E-state index in [0.29, 0.717) is 17.3 Å². The molecule has 0 bridgehead atoms. The summed E-state index contributed by atoms with van der Waals surface area (Å²) in [5, 5.41) is 19.9. The zero-order chi connectivity index (χ0) is 14.5. The Morgan fingerprint density at radius 2 is 1.74 bits per heavy atom. The molecule has 3 nitrogen and oxygen atoms in total. The van der Waals surface area contributed by atoms with Gasteiger partial charge in [0.1, 0.15) is 11.9 Å². The zero-order valence-corrected chi connectivity index (χ0v) is 11.5. The topological polar surface area (TPSA) is 49.7 Å². The minimum absolute atomic E-state index is 0.0586. The summed E-state index contributed by atoms with van der Waals surface area (Å²) >= 11 is 3.14. The third-order valence-electron chi connectivity index (χ3n) is 2.39. The van der Waals surface area contributed by atoms with Crippen LogP contribution in [-0.4, -0.2) is 34.4 Å². The summed E-state index contributed by atoms with van der Waals surface area (Å²) in [6.07, 6.45) is -6.02. The van der Waals surface area contributed by atoms with Crippen LogP contribution in [0.4, 0.5) is 13.2 Å². The lowest BCUT2D eigenvalue weighted by molar-refractivity contribution is -0.153. The highest BCUT2D eigenvalue weighted by Crippen LogP contribution is 2.23. The van der Waals surface area contributed by atoms with Gasteiger partial charge < -0.3 is 14.9 Å². The van der Waals surface area contributed by atoms with Crippen LogP contribution in [-0.2, 0) is 0 Å². The monoisotopic (exact) mass is 342 g/mol. The fourth-order valence-electron chi connectivity index (χ4n) is 1.42. The molecule has 2 unspecified atom stereocenters. The van der Waals surface area contributed by atoms with E-state index in [9.17, 15) is 23.4 Å². The van der Waals surface area contributed by atoms with Crippen LogP contribution in [0.1, 0.15) is 18.1 Å². The lowest BCUT2D eigenvalue weighted by atomic mass is 10.0. The van der Waals surface area contributed by atoms with Crippen LogP contribution in [0.15, 0.2) is 24.3 Å². The number of aliphatic hydroxyl groups is 2. The number of halogens is 4. The third kappa shape index (κ3) is 5.80. The van der Waals surface area contributed by atoms with Crippen molar-refractivity contribution in [1.29, 1.82) is 0 Å². The first-order valence-corrected chi connectivity index (χ1v) is 6.67. The van der Waals surface area contributed by atoms with E-state index in [4.69, 9.17) is 0 Å². The maximum Gasteiger partial charge on any atom is 0.422 e. The van der Waals surface area contributed by atoms with Gasteiger partial charge in [-0.25, -0.2) is 0 Å². The van der Waals surface area contributed by atoms with Crippen molar-refractivity contribution in [2.45, 2.75) is 24.8 Å². The Balaban J connectivity index is 2.60. The Bertz CT molecular complexity index is 381. The zero-order valence-electron chi connectivity index (χ0n) is 9.90. The molecule has 0 aliphatic carbocycles. The molecule has 7 heteroatoms. The van der Waals surface area contributed by atoms with Gasteiger partial charge in [-0.1, -0.05) is 28.1 Å². The molecule has 0 saturated carbocycles. The van der Waals surface area contributed by atoms with Crippen LogP contribution < -0.4 is 4.74 Å². The van der Waals surface area contributed by atoms with Crippen molar-refractivity contribution < 1.29 is 28.1 Å². The number of alkyl halides is 4. The van der Waals surface area contributed by atoms with Crippen molar-refractivity contribution in [3.05, 3.63) is 29.8 Å². The van der Waals surface area contributed by atoms with E-state index in [0.717, 1.165) is 0 Å². The Morgan fingerprint density at radius 1 is 1.16 bits per heavy atom. The number of hydrogen-bond acceptors (Lipinski definition) is 3. The van der Waals surface area contributed by atoms with E-state index in [-0.39, 0.29) is 5.75 Å². The Hall–Kier alpha value is -0.790. The van der Waals surface area contributed by atoms with Gasteiger partial charge in [0.05, 0.1) is 6.10 Å². The lowest BCUT2D eigenvalue weighted by Gasteiger charge is -2.17. The van der Waals surface area contributed by atoms with Crippen molar-refractivity contribution in [2.75, 3.05) is 11.9 Å². The fourth-order valence-corrected chi connectivity index (χ4v) is 1.89. The van der Waals surface area contributed by atoms with E-state index >= 15 is 0 Å². The second-order valence-electron chi connectivity index (χ2n) is 3.96. The molecule has 1 aromatic carbocycles. The number of hydrogen-bond donors (Lipinski definition) is 2. The van der Waals surface area contributed by atoms with Crippen molar-refractivity contribution in [2.24, 2.45) is 0 Å². The molecule has 19 heavy (non-hydrogen) atoms. The van der Waals surface area contributed by atoms with Gasteiger partial charge in [0.25, 0.3) is 0 Å². The number of rotatable bonds is 6. The summed E-state index contributed by atoms with van der Waals surface area (Å²) in [4.78, 5) is 0. The molecular formula is C12H14BrF3O3. The average Bonchev–Trinajstić information content (AvgIpc) is 2.35. The Kier molecular flexibility index (Phi) is 6.09. The average molecular weight is 343 g/mol. The van der Waals surface area contributed by atoms with E-state index in [1.165, 1.54) is 24.3 Å². The van der Waals surface area contributed by atoms with Crippen LogP contribution in [0.25, 0.3) is 0 Å². The summed E-state index contributed by atoms with van der Waals surface area (Å²) in [6, 6.07) is 5.50. The van der Waals surface area contributed by atoms with E-state index in [2.05, 4.69) is 20.7 Å². The number of benzene rings is 1.